The number of carbonyl (C=O) groups is 1. The second-order valence-electron chi connectivity index (χ2n) is 6.92. The number of carbonyl (C=O) groups excluding carboxylic acids is 1. The summed E-state index contributed by atoms with van der Waals surface area (Å²) < 4.78 is 0. The van der Waals surface area contributed by atoms with Gasteiger partial charge < -0.3 is 4.90 Å². The third-order valence-corrected chi connectivity index (χ3v) is 4.84. The Bertz CT molecular complexity index is 713. The molecule has 0 bridgehead atoms. The number of likely N-dealkylation sites (N-methyl/N-ethyl adjacent to an activating group) is 1. The largest absolute Gasteiger partial charge is 0.304 e. The Labute approximate surface area is 144 Å². The molecule has 24 heavy (non-hydrogen) atoms. The van der Waals surface area contributed by atoms with Crippen LogP contribution in [0.4, 0.5) is 0 Å². The summed E-state index contributed by atoms with van der Waals surface area (Å²) in [4.78, 5) is 17.5. The number of hydrogen-bond donors (Lipinski definition) is 0. The van der Waals surface area contributed by atoms with Crippen LogP contribution in [0.3, 0.4) is 0 Å². The number of benzene rings is 2. The molecule has 0 aliphatic carbocycles. The van der Waals surface area contributed by atoms with Crippen LogP contribution in [0.5, 0.6) is 0 Å². The van der Waals surface area contributed by atoms with Crippen LogP contribution in [0.25, 0.3) is 0 Å². The Morgan fingerprint density at radius 1 is 0.958 bits per heavy atom. The van der Waals surface area contributed by atoms with Crippen LogP contribution in [-0.4, -0.2) is 48.8 Å². The van der Waals surface area contributed by atoms with Gasteiger partial charge in [0.15, 0.2) is 5.78 Å². The quantitative estimate of drug-likeness (QED) is 0.807. The lowest BCUT2D eigenvalue weighted by molar-refractivity contribution is 0.103. The molecule has 3 rings (SSSR count). The van der Waals surface area contributed by atoms with Crippen LogP contribution >= 0.6 is 0 Å². The summed E-state index contributed by atoms with van der Waals surface area (Å²) in [5, 5.41) is 0. The van der Waals surface area contributed by atoms with Crippen molar-refractivity contribution in [2.45, 2.75) is 20.4 Å². The first-order valence-electron chi connectivity index (χ1n) is 8.65. The van der Waals surface area contributed by atoms with E-state index in [0.717, 1.165) is 49.4 Å². The Morgan fingerprint density at radius 2 is 1.62 bits per heavy atom. The Balaban J connectivity index is 1.68. The van der Waals surface area contributed by atoms with Crippen molar-refractivity contribution < 1.29 is 4.79 Å². The molecule has 0 amide bonds. The summed E-state index contributed by atoms with van der Waals surface area (Å²) in [7, 11) is 2.17. The van der Waals surface area contributed by atoms with Gasteiger partial charge in [0.2, 0.25) is 0 Å². The van der Waals surface area contributed by atoms with Gasteiger partial charge in [-0.1, -0.05) is 48.0 Å². The number of aryl methyl sites for hydroxylation is 2. The van der Waals surface area contributed by atoms with E-state index in [4.69, 9.17) is 0 Å². The predicted octanol–water partition coefficient (Wildman–Crippen LogP) is 3.28. The third kappa shape index (κ3) is 3.92. The zero-order chi connectivity index (χ0) is 17.1. The van der Waals surface area contributed by atoms with E-state index in [2.05, 4.69) is 42.0 Å². The average molecular weight is 322 g/mol. The molecule has 1 heterocycles. The minimum Gasteiger partial charge on any atom is -0.304 e. The maximum absolute atomic E-state index is 12.7. The highest BCUT2D eigenvalue weighted by Gasteiger charge is 2.15. The van der Waals surface area contributed by atoms with Gasteiger partial charge in [-0.3, -0.25) is 9.69 Å². The van der Waals surface area contributed by atoms with Crippen LogP contribution in [0.1, 0.15) is 32.6 Å². The maximum atomic E-state index is 12.7. The van der Waals surface area contributed by atoms with Gasteiger partial charge in [0, 0.05) is 43.9 Å². The molecular weight excluding hydrogens is 296 g/mol. The normalized spacial score (nSPS) is 16.3. The van der Waals surface area contributed by atoms with Crippen molar-refractivity contribution in [1.29, 1.82) is 0 Å². The van der Waals surface area contributed by atoms with E-state index in [1.54, 1.807) is 0 Å². The summed E-state index contributed by atoms with van der Waals surface area (Å²) in [6.07, 6.45) is 0. The molecule has 1 fully saturated rings. The number of piperazine rings is 1. The van der Waals surface area contributed by atoms with Crippen molar-refractivity contribution in [1.82, 2.24) is 9.80 Å². The summed E-state index contributed by atoms with van der Waals surface area (Å²) in [5.41, 5.74) is 5.07. The molecule has 0 saturated carbocycles. The first-order chi connectivity index (χ1) is 11.5. The highest BCUT2D eigenvalue weighted by Crippen LogP contribution is 2.17. The van der Waals surface area contributed by atoms with Crippen LogP contribution in [-0.2, 0) is 6.54 Å². The topological polar surface area (TPSA) is 23.6 Å². The molecule has 0 N–H and O–H groups in total. The van der Waals surface area contributed by atoms with E-state index in [9.17, 15) is 4.79 Å². The Hall–Kier alpha value is -1.97. The van der Waals surface area contributed by atoms with Crippen LogP contribution in [0.2, 0.25) is 0 Å². The predicted molar refractivity (Wildman–Crippen MR) is 98.6 cm³/mol. The van der Waals surface area contributed by atoms with Gasteiger partial charge in [0.1, 0.15) is 0 Å². The van der Waals surface area contributed by atoms with Crippen molar-refractivity contribution in [3.05, 3.63) is 70.3 Å². The molecule has 0 radical (unpaired) electrons. The van der Waals surface area contributed by atoms with Crippen molar-refractivity contribution in [2.24, 2.45) is 0 Å². The number of ketones is 1. The number of hydrogen-bond acceptors (Lipinski definition) is 3. The highest BCUT2D eigenvalue weighted by molar-refractivity contribution is 6.09. The number of nitrogens with zero attached hydrogens (tertiary/aromatic N) is 2. The molecule has 0 spiro atoms. The minimum absolute atomic E-state index is 0.110. The molecule has 3 heteroatoms. The van der Waals surface area contributed by atoms with Gasteiger partial charge in [-0.2, -0.15) is 0 Å². The van der Waals surface area contributed by atoms with Gasteiger partial charge in [-0.05, 0) is 32.0 Å². The summed E-state index contributed by atoms with van der Waals surface area (Å²) in [6, 6.07) is 14.1. The first kappa shape index (κ1) is 16.9. The fraction of sp³-hybridized carbons (Fsp3) is 0.381. The van der Waals surface area contributed by atoms with E-state index in [1.807, 2.05) is 31.2 Å². The average Bonchev–Trinajstić information content (AvgIpc) is 2.57. The SMILES string of the molecule is Cc1ccc(C(=O)c2ccc(CN3CCN(C)CC3)cc2)c(C)c1. The lowest BCUT2D eigenvalue weighted by Gasteiger charge is -2.32. The fourth-order valence-corrected chi connectivity index (χ4v) is 3.25. The standard InChI is InChI=1S/C21H26N2O/c1-16-4-9-20(17(2)14-16)21(24)19-7-5-18(6-8-19)15-23-12-10-22(3)11-13-23/h4-9,14H,10-13,15H2,1-3H3. The molecule has 2 aromatic rings. The van der Waals surface area contributed by atoms with Crippen LogP contribution < -0.4 is 0 Å². The summed E-state index contributed by atoms with van der Waals surface area (Å²) >= 11 is 0. The molecule has 0 unspecified atom stereocenters. The molecule has 1 saturated heterocycles. The molecule has 3 nitrogen and oxygen atoms in total. The number of rotatable bonds is 4. The second-order valence-corrected chi connectivity index (χ2v) is 6.92. The first-order valence-corrected chi connectivity index (χ1v) is 8.65. The van der Waals surface area contributed by atoms with Crippen molar-refractivity contribution in [3.63, 3.8) is 0 Å². The molecular formula is C21H26N2O. The lowest BCUT2D eigenvalue weighted by atomic mass is 9.97. The fourth-order valence-electron chi connectivity index (χ4n) is 3.25. The monoisotopic (exact) mass is 322 g/mol. The van der Waals surface area contributed by atoms with Gasteiger partial charge in [-0.25, -0.2) is 0 Å². The van der Waals surface area contributed by atoms with Gasteiger partial charge in [-0.15, -0.1) is 0 Å². The lowest BCUT2D eigenvalue weighted by Crippen LogP contribution is -2.43. The van der Waals surface area contributed by atoms with E-state index in [-0.39, 0.29) is 5.78 Å². The summed E-state index contributed by atoms with van der Waals surface area (Å²) in [5.74, 6) is 0.110. The molecule has 1 aliphatic rings. The van der Waals surface area contributed by atoms with E-state index >= 15 is 0 Å². The zero-order valence-electron chi connectivity index (χ0n) is 14.9. The Kier molecular flexibility index (Phi) is 5.12. The molecule has 0 atom stereocenters. The van der Waals surface area contributed by atoms with Crippen LogP contribution in [0, 0.1) is 13.8 Å². The zero-order valence-corrected chi connectivity index (χ0v) is 14.9. The smallest absolute Gasteiger partial charge is 0.193 e. The van der Waals surface area contributed by atoms with E-state index in [0.29, 0.717) is 0 Å². The van der Waals surface area contributed by atoms with Crippen molar-refractivity contribution in [3.8, 4) is 0 Å². The van der Waals surface area contributed by atoms with Gasteiger partial charge in [0.05, 0.1) is 0 Å². The van der Waals surface area contributed by atoms with Crippen molar-refractivity contribution >= 4 is 5.78 Å². The maximum Gasteiger partial charge on any atom is 0.193 e. The molecule has 0 aromatic heterocycles. The minimum atomic E-state index is 0.110. The molecule has 2 aromatic carbocycles. The molecule has 126 valence electrons. The summed E-state index contributed by atoms with van der Waals surface area (Å²) in [6.45, 7) is 9.49. The second kappa shape index (κ2) is 7.29. The van der Waals surface area contributed by atoms with Gasteiger partial charge >= 0.3 is 0 Å². The van der Waals surface area contributed by atoms with E-state index in [1.165, 1.54) is 11.1 Å². The molecule has 1 aliphatic heterocycles. The van der Waals surface area contributed by atoms with Crippen LogP contribution in [0.15, 0.2) is 42.5 Å². The Morgan fingerprint density at radius 3 is 2.25 bits per heavy atom. The van der Waals surface area contributed by atoms with Crippen molar-refractivity contribution in [2.75, 3.05) is 33.2 Å². The van der Waals surface area contributed by atoms with E-state index < -0.39 is 0 Å². The highest BCUT2D eigenvalue weighted by atomic mass is 16.1. The van der Waals surface area contributed by atoms with Gasteiger partial charge in [0.25, 0.3) is 0 Å². The third-order valence-electron chi connectivity index (χ3n) is 4.84.